The molecule has 1 saturated heterocycles. The Morgan fingerprint density at radius 1 is 1.18 bits per heavy atom. The molecule has 2 aliphatic rings. The van der Waals surface area contributed by atoms with Crippen LogP contribution in [0.2, 0.25) is 0 Å². The number of piperidine rings is 1. The molecule has 1 saturated carbocycles. The smallest absolute Gasteiger partial charge is 0.234 e. The average molecular weight is 300 g/mol. The van der Waals surface area contributed by atoms with Crippen LogP contribution in [0, 0.1) is 5.92 Å². The van der Waals surface area contributed by atoms with Crippen molar-refractivity contribution in [1.82, 2.24) is 10.2 Å². The highest BCUT2D eigenvalue weighted by atomic mass is 16.2. The van der Waals surface area contributed by atoms with E-state index in [1.54, 1.807) is 0 Å². The van der Waals surface area contributed by atoms with Crippen molar-refractivity contribution in [2.24, 2.45) is 5.92 Å². The van der Waals surface area contributed by atoms with E-state index in [1.165, 1.54) is 44.1 Å². The minimum Gasteiger partial charge on any atom is -0.348 e. The van der Waals surface area contributed by atoms with Crippen molar-refractivity contribution in [3.05, 3.63) is 35.9 Å². The lowest BCUT2D eigenvalue weighted by Gasteiger charge is -2.43. The van der Waals surface area contributed by atoms with Crippen LogP contribution < -0.4 is 5.32 Å². The Kier molecular flexibility index (Phi) is 5.14. The molecule has 3 unspecified atom stereocenters. The average Bonchev–Trinajstić information content (AvgIpc) is 2.56. The van der Waals surface area contributed by atoms with E-state index in [4.69, 9.17) is 0 Å². The van der Waals surface area contributed by atoms with Gasteiger partial charge >= 0.3 is 0 Å². The molecule has 0 bridgehead atoms. The van der Waals surface area contributed by atoms with Crippen molar-refractivity contribution in [1.29, 1.82) is 0 Å². The Bertz CT molecular complexity index is 485. The summed E-state index contributed by atoms with van der Waals surface area (Å²) in [5.74, 6) is 1.00. The molecule has 1 N–H and O–H groups in total. The lowest BCUT2D eigenvalue weighted by Crippen LogP contribution is -2.50. The number of nitrogens with one attached hydrogen (secondary N) is 1. The molecule has 2 fully saturated rings. The summed E-state index contributed by atoms with van der Waals surface area (Å²) in [4.78, 5) is 14.9. The predicted octanol–water partition coefficient (Wildman–Crippen LogP) is 3.52. The number of hydrogen-bond acceptors (Lipinski definition) is 2. The third-order valence-electron chi connectivity index (χ3n) is 5.38. The van der Waals surface area contributed by atoms with Gasteiger partial charge in [-0.3, -0.25) is 9.69 Å². The molecule has 1 aromatic rings. The van der Waals surface area contributed by atoms with Gasteiger partial charge in [0.25, 0.3) is 0 Å². The Morgan fingerprint density at radius 2 is 1.91 bits per heavy atom. The van der Waals surface area contributed by atoms with Crippen LogP contribution in [0.5, 0.6) is 0 Å². The van der Waals surface area contributed by atoms with E-state index in [0.717, 1.165) is 12.5 Å². The van der Waals surface area contributed by atoms with Crippen molar-refractivity contribution in [3.8, 4) is 0 Å². The summed E-state index contributed by atoms with van der Waals surface area (Å²) in [6.07, 6.45) is 7.98. The predicted molar refractivity (Wildman–Crippen MR) is 89.6 cm³/mol. The summed E-state index contributed by atoms with van der Waals surface area (Å²) in [6, 6.07) is 10.9. The summed E-state index contributed by atoms with van der Waals surface area (Å²) in [7, 11) is 0. The molecule has 0 aromatic heterocycles. The number of carbonyl (C=O) groups excluding carboxylic acids is 1. The second-order valence-corrected chi connectivity index (χ2v) is 6.92. The number of amides is 1. The number of rotatable bonds is 4. The van der Waals surface area contributed by atoms with E-state index in [2.05, 4.69) is 29.3 Å². The quantitative estimate of drug-likeness (QED) is 0.923. The van der Waals surface area contributed by atoms with E-state index in [0.29, 0.717) is 12.6 Å². The highest BCUT2D eigenvalue weighted by Gasteiger charge is 2.33. The topological polar surface area (TPSA) is 32.3 Å². The summed E-state index contributed by atoms with van der Waals surface area (Å²) in [5, 5.41) is 3.16. The normalized spacial score (nSPS) is 27.0. The zero-order chi connectivity index (χ0) is 15.4. The van der Waals surface area contributed by atoms with Crippen molar-refractivity contribution in [2.75, 3.05) is 13.1 Å². The molecule has 120 valence electrons. The van der Waals surface area contributed by atoms with Gasteiger partial charge in [-0.15, -0.1) is 0 Å². The number of benzene rings is 1. The number of likely N-dealkylation sites (tertiary alicyclic amines) is 1. The van der Waals surface area contributed by atoms with Gasteiger partial charge in [0, 0.05) is 6.04 Å². The molecule has 3 nitrogen and oxygen atoms in total. The maximum Gasteiger partial charge on any atom is 0.234 e. The molecule has 0 spiro atoms. The number of carbonyl (C=O) groups is 1. The first-order chi connectivity index (χ1) is 10.7. The highest BCUT2D eigenvalue weighted by molar-refractivity contribution is 5.78. The third-order valence-corrected chi connectivity index (χ3v) is 5.38. The van der Waals surface area contributed by atoms with Crippen molar-refractivity contribution in [3.63, 3.8) is 0 Å². The van der Waals surface area contributed by atoms with Crippen molar-refractivity contribution < 1.29 is 4.79 Å². The molecule has 1 aliphatic carbocycles. The molecule has 1 heterocycles. The lowest BCUT2D eigenvalue weighted by atomic mass is 9.78. The van der Waals surface area contributed by atoms with Crippen molar-refractivity contribution >= 4 is 5.91 Å². The minimum atomic E-state index is 0.0839. The minimum absolute atomic E-state index is 0.0839. The monoisotopic (exact) mass is 300 g/mol. The number of hydrogen-bond donors (Lipinski definition) is 1. The summed E-state index contributed by atoms with van der Waals surface area (Å²) < 4.78 is 0. The van der Waals surface area contributed by atoms with Gasteiger partial charge in [-0.2, -0.15) is 0 Å². The summed E-state index contributed by atoms with van der Waals surface area (Å²) >= 11 is 0. The van der Waals surface area contributed by atoms with Gasteiger partial charge in [-0.25, -0.2) is 0 Å². The number of nitrogens with zero attached hydrogens (tertiary/aromatic N) is 1. The van der Waals surface area contributed by atoms with Crippen LogP contribution in [-0.2, 0) is 4.79 Å². The van der Waals surface area contributed by atoms with E-state index >= 15 is 0 Å². The van der Waals surface area contributed by atoms with Crippen LogP contribution in [0.25, 0.3) is 0 Å². The molecule has 22 heavy (non-hydrogen) atoms. The van der Waals surface area contributed by atoms with E-state index in [-0.39, 0.29) is 11.9 Å². The van der Waals surface area contributed by atoms with E-state index in [1.807, 2.05) is 18.2 Å². The Morgan fingerprint density at radius 3 is 2.73 bits per heavy atom. The molecule has 1 aromatic carbocycles. The van der Waals surface area contributed by atoms with Gasteiger partial charge in [-0.1, -0.05) is 43.2 Å². The Hall–Kier alpha value is -1.35. The molecule has 1 aliphatic heterocycles. The molecular formula is C19H28N2O. The van der Waals surface area contributed by atoms with Gasteiger partial charge < -0.3 is 5.32 Å². The zero-order valence-electron chi connectivity index (χ0n) is 13.6. The molecule has 3 rings (SSSR count). The summed E-state index contributed by atoms with van der Waals surface area (Å²) in [6.45, 7) is 3.72. The zero-order valence-corrected chi connectivity index (χ0v) is 13.6. The molecular weight excluding hydrogens is 272 g/mol. The second-order valence-electron chi connectivity index (χ2n) is 6.92. The van der Waals surface area contributed by atoms with Crippen LogP contribution in [0.1, 0.15) is 57.1 Å². The Labute approximate surface area is 134 Å². The van der Waals surface area contributed by atoms with Crippen LogP contribution in [-0.4, -0.2) is 29.9 Å². The van der Waals surface area contributed by atoms with Gasteiger partial charge in [0.05, 0.1) is 12.6 Å². The van der Waals surface area contributed by atoms with E-state index < -0.39 is 0 Å². The van der Waals surface area contributed by atoms with Crippen molar-refractivity contribution in [2.45, 2.75) is 57.5 Å². The molecule has 0 radical (unpaired) electrons. The fourth-order valence-corrected chi connectivity index (χ4v) is 4.22. The van der Waals surface area contributed by atoms with Crippen LogP contribution in [0.4, 0.5) is 0 Å². The number of fused-ring (bicyclic) bond motifs is 1. The van der Waals surface area contributed by atoms with Gasteiger partial charge in [-0.05, 0) is 50.6 Å². The Balaban J connectivity index is 1.54. The van der Waals surface area contributed by atoms with E-state index in [9.17, 15) is 4.79 Å². The fraction of sp³-hybridized carbons (Fsp3) is 0.632. The SMILES string of the molecule is CC(NC(=O)CN1CCCC2CCCCC21)c1ccccc1. The highest BCUT2D eigenvalue weighted by Crippen LogP contribution is 2.34. The van der Waals surface area contributed by atoms with Crippen LogP contribution >= 0.6 is 0 Å². The molecule has 1 amide bonds. The van der Waals surface area contributed by atoms with Crippen LogP contribution in [0.3, 0.4) is 0 Å². The summed E-state index contributed by atoms with van der Waals surface area (Å²) in [5.41, 5.74) is 1.17. The first kappa shape index (κ1) is 15.5. The molecule has 3 atom stereocenters. The van der Waals surface area contributed by atoms with Gasteiger partial charge in [0.15, 0.2) is 0 Å². The van der Waals surface area contributed by atoms with Gasteiger partial charge in [0.2, 0.25) is 5.91 Å². The van der Waals surface area contributed by atoms with Crippen LogP contribution in [0.15, 0.2) is 30.3 Å². The fourth-order valence-electron chi connectivity index (χ4n) is 4.22. The molecule has 3 heteroatoms. The third kappa shape index (κ3) is 3.70. The maximum absolute atomic E-state index is 12.4. The first-order valence-corrected chi connectivity index (χ1v) is 8.82. The largest absolute Gasteiger partial charge is 0.348 e. The first-order valence-electron chi connectivity index (χ1n) is 8.82. The standard InChI is InChI=1S/C19H28N2O/c1-15(16-8-3-2-4-9-16)20-19(22)14-21-13-7-11-17-10-5-6-12-18(17)21/h2-4,8-9,15,17-18H,5-7,10-14H2,1H3,(H,20,22). The second kappa shape index (κ2) is 7.28. The maximum atomic E-state index is 12.4. The lowest BCUT2D eigenvalue weighted by molar-refractivity contribution is -0.124. The van der Waals surface area contributed by atoms with Gasteiger partial charge in [0.1, 0.15) is 0 Å².